The fourth-order valence-corrected chi connectivity index (χ4v) is 1.70. The average molecular weight is 224 g/mol. The van der Waals surface area contributed by atoms with E-state index in [1.54, 1.807) is 7.11 Å². The van der Waals surface area contributed by atoms with E-state index in [4.69, 9.17) is 4.74 Å². The highest BCUT2D eigenvalue weighted by Gasteiger charge is 1.95. The van der Waals surface area contributed by atoms with Gasteiger partial charge in [-0.1, -0.05) is 0 Å². The molecule has 0 radical (unpaired) electrons. The minimum absolute atomic E-state index is 0.888. The molecule has 1 aromatic rings. The molecule has 1 aromatic heterocycles. The molecule has 1 heterocycles. The first-order valence-electron chi connectivity index (χ1n) is 6.21. The van der Waals surface area contributed by atoms with E-state index < -0.39 is 0 Å². The lowest BCUT2D eigenvalue weighted by atomic mass is 10.2. The van der Waals surface area contributed by atoms with E-state index in [9.17, 15) is 0 Å². The highest BCUT2D eigenvalue weighted by atomic mass is 16.5. The Labute approximate surface area is 98.8 Å². The van der Waals surface area contributed by atoms with Gasteiger partial charge in [-0.2, -0.15) is 0 Å². The van der Waals surface area contributed by atoms with Crippen LogP contribution in [0.15, 0.2) is 18.5 Å². The summed E-state index contributed by atoms with van der Waals surface area (Å²) in [6.07, 6.45) is 7.99. The Morgan fingerprint density at radius 3 is 2.88 bits per heavy atom. The predicted octanol–water partition coefficient (Wildman–Crippen LogP) is 2.41. The van der Waals surface area contributed by atoms with E-state index in [0.29, 0.717) is 0 Å². The molecular weight excluding hydrogens is 200 g/mol. The standard InChI is InChI=1S/C13H24N2O/c1-3-15-9-7-13(12-15)11-14-8-5-4-6-10-16-2/h7,9,12,14H,3-6,8,10-11H2,1-2H3. The molecule has 0 atom stereocenters. The number of nitrogens with zero attached hydrogens (tertiary/aromatic N) is 1. The summed E-state index contributed by atoms with van der Waals surface area (Å²) < 4.78 is 7.21. The molecule has 0 bridgehead atoms. The third-order valence-electron chi connectivity index (χ3n) is 2.71. The van der Waals surface area contributed by atoms with Crippen molar-refractivity contribution in [1.29, 1.82) is 0 Å². The molecule has 0 saturated carbocycles. The molecule has 0 spiro atoms. The fourth-order valence-electron chi connectivity index (χ4n) is 1.70. The second-order valence-corrected chi connectivity index (χ2v) is 4.08. The van der Waals surface area contributed by atoms with E-state index in [2.05, 4.69) is 35.3 Å². The molecule has 16 heavy (non-hydrogen) atoms. The minimum atomic E-state index is 0.888. The summed E-state index contributed by atoms with van der Waals surface area (Å²) in [5.74, 6) is 0. The zero-order chi connectivity index (χ0) is 11.6. The van der Waals surface area contributed by atoms with Crippen LogP contribution in [-0.4, -0.2) is 24.8 Å². The molecule has 0 aliphatic carbocycles. The van der Waals surface area contributed by atoms with Gasteiger partial charge in [0.15, 0.2) is 0 Å². The molecular formula is C13H24N2O. The van der Waals surface area contributed by atoms with Gasteiger partial charge in [0, 0.05) is 39.2 Å². The van der Waals surface area contributed by atoms with Gasteiger partial charge in [-0.15, -0.1) is 0 Å². The topological polar surface area (TPSA) is 26.2 Å². The fraction of sp³-hybridized carbons (Fsp3) is 0.692. The van der Waals surface area contributed by atoms with Crippen LogP contribution in [0.25, 0.3) is 0 Å². The van der Waals surface area contributed by atoms with Crippen LogP contribution in [0.3, 0.4) is 0 Å². The van der Waals surface area contributed by atoms with Crippen LogP contribution in [0.4, 0.5) is 0 Å². The minimum Gasteiger partial charge on any atom is -0.385 e. The molecule has 0 unspecified atom stereocenters. The van der Waals surface area contributed by atoms with Crippen LogP contribution in [-0.2, 0) is 17.8 Å². The van der Waals surface area contributed by atoms with Gasteiger partial charge >= 0.3 is 0 Å². The number of unbranched alkanes of at least 4 members (excludes halogenated alkanes) is 2. The molecule has 0 aliphatic heterocycles. The first-order valence-corrected chi connectivity index (χ1v) is 6.21. The van der Waals surface area contributed by atoms with Crippen LogP contribution in [0.2, 0.25) is 0 Å². The van der Waals surface area contributed by atoms with Crippen molar-refractivity contribution in [3.05, 3.63) is 24.0 Å². The third kappa shape index (κ3) is 5.33. The van der Waals surface area contributed by atoms with Crippen LogP contribution >= 0.6 is 0 Å². The predicted molar refractivity (Wildman–Crippen MR) is 67.5 cm³/mol. The Kier molecular flexibility index (Phi) is 6.93. The monoisotopic (exact) mass is 224 g/mol. The second-order valence-electron chi connectivity index (χ2n) is 4.08. The Morgan fingerprint density at radius 1 is 1.31 bits per heavy atom. The van der Waals surface area contributed by atoms with Gasteiger partial charge in [0.1, 0.15) is 0 Å². The Morgan fingerprint density at radius 2 is 2.19 bits per heavy atom. The quantitative estimate of drug-likeness (QED) is 0.652. The number of ether oxygens (including phenoxy) is 1. The SMILES string of the molecule is CCn1ccc(CNCCCCCOC)c1. The maximum Gasteiger partial charge on any atom is 0.0462 e. The Balaban J connectivity index is 1.98. The molecule has 0 aliphatic rings. The van der Waals surface area contributed by atoms with E-state index >= 15 is 0 Å². The van der Waals surface area contributed by atoms with Gasteiger partial charge in [-0.3, -0.25) is 0 Å². The van der Waals surface area contributed by atoms with Crippen LogP contribution < -0.4 is 5.32 Å². The van der Waals surface area contributed by atoms with Crippen molar-refractivity contribution in [2.24, 2.45) is 0 Å². The Bertz CT molecular complexity index is 271. The number of hydrogen-bond acceptors (Lipinski definition) is 2. The average Bonchev–Trinajstić information content (AvgIpc) is 2.76. The number of nitrogens with one attached hydrogen (secondary N) is 1. The lowest BCUT2D eigenvalue weighted by Gasteiger charge is -2.03. The van der Waals surface area contributed by atoms with Crippen LogP contribution in [0.5, 0.6) is 0 Å². The number of rotatable bonds is 9. The van der Waals surface area contributed by atoms with Gasteiger partial charge in [0.2, 0.25) is 0 Å². The number of methoxy groups -OCH3 is 1. The van der Waals surface area contributed by atoms with Crippen molar-refractivity contribution < 1.29 is 4.74 Å². The molecule has 0 fully saturated rings. The zero-order valence-corrected chi connectivity index (χ0v) is 10.5. The van der Waals surface area contributed by atoms with Crippen molar-refractivity contribution in [2.75, 3.05) is 20.3 Å². The summed E-state index contributed by atoms with van der Waals surface area (Å²) in [6.45, 7) is 6.18. The van der Waals surface area contributed by atoms with Crippen LogP contribution in [0.1, 0.15) is 31.7 Å². The summed E-state index contributed by atoms with van der Waals surface area (Å²) in [6, 6.07) is 2.18. The summed E-state index contributed by atoms with van der Waals surface area (Å²) in [7, 11) is 1.76. The first kappa shape index (κ1) is 13.3. The molecule has 0 aromatic carbocycles. The summed E-state index contributed by atoms with van der Waals surface area (Å²) in [5, 5.41) is 3.46. The lowest BCUT2D eigenvalue weighted by molar-refractivity contribution is 0.192. The zero-order valence-electron chi connectivity index (χ0n) is 10.5. The molecule has 3 heteroatoms. The first-order chi connectivity index (χ1) is 7.86. The lowest BCUT2D eigenvalue weighted by Crippen LogP contribution is -2.14. The van der Waals surface area contributed by atoms with Crippen molar-refractivity contribution in [2.45, 2.75) is 39.3 Å². The molecule has 3 nitrogen and oxygen atoms in total. The van der Waals surface area contributed by atoms with Crippen molar-refractivity contribution in [3.63, 3.8) is 0 Å². The van der Waals surface area contributed by atoms with Gasteiger partial charge in [0.25, 0.3) is 0 Å². The highest BCUT2D eigenvalue weighted by Crippen LogP contribution is 2.01. The third-order valence-corrected chi connectivity index (χ3v) is 2.71. The van der Waals surface area contributed by atoms with Crippen molar-refractivity contribution >= 4 is 0 Å². The normalized spacial score (nSPS) is 10.9. The number of aromatic nitrogens is 1. The Hall–Kier alpha value is -0.800. The molecule has 1 N–H and O–H groups in total. The largest absolute Gasteiger partial charge is 0.385 e. The van der Waals surface area contributed by atoms with E-state index in [0.717, 1.165) is 26.2 Å². The van der Waals surface area contributed by atoms with Gasteiger partial charge in [-0.05, 0) is 44.4 Å². The van der Waals surface area contributed by atoms with E-state index in [1.807, 2.05) is 0 Å². The van der Waals surface area contributed by atoms with Crippen LogP contribution in [0, 0.1) is 0 Å². The highest BCUT2D eigenvalue weighted by molar-refractivity contribution is 5.09. The summed E-state index contributed by atoms with van der Waals surface area (Å²) in [4.78, 5) is 0. The number of hydrogen-bond donors (Lipinski definition) is 1. The summed E-state index contributed by atoms with van der Waals surface area (Å²) in [5.41, 5.74) is 1.37. The van der Waals surface area contributed by atoms with Crippen molar-refractivity contribution in [3.8, 4) is 0 Å². The van der Waals surface area contributed by atoms with Gasteiger partial charge in [-0.25, -0.2) is 0 Å². The van der Waals surface area contributed by atoms with E-state index in [-0.39, 0.29) is 0 Å². The van der Waals surface area contributed by atoms with Gasteiger partial charge in [0.05, 0.1) is 0 Å². The maximum atomic E-state index is 5.01. The maximum absolute atomic E-state index is 5.01. The second kappa shape index (κ2) is 8.36. The smallest absolute Gasteiger partial charge is 0.0462 e. The van der Waals surface area contributed by atoms with Gasteiger partial charge < -0.3 is 14.6 Å². The van der Waals surface area contributed by atoms with E-state index in [1.165, 1.54) is 24.8 Å². The summed E-state index contributed by atoms with van der Waals surface area (Å²) >= 11 is 0. The molecule has 0 amide bonds. The van der Waals surface area contributed by atoms with Crippen molar-refractivity contribution in [1.82, 2.24) is 9.88 Å². The number of aryl methyl sites for hydroxylation is 1. The molecule has 92 valence electrons. The molecule has 0 saturated heterocycles. The molecule has 1 rings (SSSR count).